The SMILES string of the molecule is CCc1nc(CN(C)Cc2cccc(C(=O)O)c2Cl)cs1. The molecule has 0 unspecified atom stereocenters. The number of rotatable bonds is 6. The molecule has 0 aliphatic rings. The molecule has 0 bridgehead atoms. The second-order valence-corrected chi connectivity index (χ2v) is 6.16. The van der Waals surface area contributed by atoms with Gasteiger partial charge in [-0.15, -0.1) is 11.3 Å². The molecule has 0 radical (unpaired) electrons. The summed E-state index contributed by atoms with van der Waals surface area (Å²) in [5, 5.41) is 12.6. The number of carboxylic acid groups (broad SMARTS) is 1. The number of benzene rings is 1. The molecular weight excluding hydrogens is 308 g/mol. The van der Waals surface area contributed by atoms with E-state index in [1.54, 1.807) is 17.4 Å². The fourth-order valence-electron chi connectivity index (χ4n) is 2.07. The third-order valence-electron chi connectivity index (χ3n) is 3.08. The van der Waals surface area contributed by atoms with E-state index in [0.717, 1.165) is 22.7 Å². The Hall–Kier alpha value is -1.43. The van der Waals surface area contributed by atoms with E-state index in [-0.39, 0.29) is 5.56 Å². The summed E-state index contributed by atoms with van der Waals surface area (Å²) in [6, 6.07) is 5.09. The van der Waals surface area contributed by atoms with Crippen LogP contribution >= 0.6 is 22.9 Å². The number of hydrogen-bond acceptors (Lipinski definition) is 4. The number of carboxylic acids is 1. The van der Waals surface area contributed by atoms with Gasteiger partial charge in [-0.25, -0.2) is 9.78 Å². The van der Waals surface area contributed by atoms with Crippen molar-refractivity contribution in [3.8, 4) is 0 Å². The van der Waals surface area contributed by atoms with E-state index in [9.17, 15) is 4.79 Å². The Morgan fingerprint density at radius 2 is 2.19 bits per heavy atom. The molecule has 2 rings (SSSR count). The van der Waals surface area contributed by atoms with Crippen LogP contribution in [0.25, 0.3) is 0 Å². The highest BCUT2D eigenvalue weighted by atomic mass is 35.5. The highest BCUT2D eigenvalue weighted by molar-refractivity contribution is 7.09. The lowest BCUT2D eigenvalue weighted by molar-refractivity contribution is 0.0697. The first-order valence-corrected chi connectivity index (χ1v) is 7.89. The number of aromatic carboxylic acids is 1. The molecule has 1 N–H and O–H groups in total. The van der Waals surface area contributed by atoms with E-state index < -0.39 is 5.97 Å². The second kappa shape index (κ2) is 7.02. The molecule has 112 valence electrons. The smallest absolute Gasteiger partial charge is 0.337 e. The van der Waals surface area contributed by atoms with Crippen LogP contribution < -0.4 is 0 Å². The lowest BCUT2D eigenvalue weighted by Gasteiger charge is -2.17. The predicted octanol–water partition coefficient (Wildman–Crippen LogP) is 3.69. The normalized spacial score (nSPS) is 11.0. The second-order valence-electron chi connectivity index (χ2n) is 4.84. The third kappa shape index (κ3) is 4.03. The third-order valence-corrected chi connectivity index (χ3v) is 4.57. The Morgan fingerprint density at radius 3 is 2.81 bits per heavy atom. The van der Waals surface area contributed by atoms with Crippen LogP contribution in [0.15, 0.2) is 23.6 Å². The van der Waals surface area contributed by atoms with E-state index in [2.05, 4.69) is 22.2 Å². The largest absolute Gasteiger partial charge is 0.478 e. The zero-order chi connectivity index (χ0) is 15.4. The lowest BCUT2D eigenvalue weighted by Crippen LogP contribution is -2.18. The van der Waals surface area contributed by atoms with Crippen LogP contribution in [-0.2, 0) is 19.5 Å². The van der Waals surface area contributed by atoms with Crippen molar-refractivity contribution in [1.82, 2.24) is 9.88 Å². The Balaban J connectivity index is 2.07. The number of aromatic nitrogens is 1. The predicted molar refractivity (Wildman–Crippen MR) is 85.1 cm³/mol. The maximum atomic E-state index is 11.1. The van der Waals surface area contributed by atoms with Gasteiger partial charge in [0.2, 0.25) is 0 Å². The molecule has 1 heterocycles. The maximum absolute atomic E-state index is 11.1. The highest BCUT2D eigenvalue weighted by Gasteiger charge is 2.13. The quantitative estimate of drug-likeness (QED) is 0.880. The number of aryl methyl sites for hydroxylation is 1. The van der Waals surface area contributed by atoms with Crippen molar-refractivity contribution in [2.45, 2.75) is 26.4 Å². The van der Waals surface area contributed by atoms with Gasteiger partial charge >= 0.3 is 5.97 Å². The molecule has 21 heavy (non-hydrogen) atoms. The molecule has 2 aromatic rings. The van der Waals surface area contributed by atoms with E-state index in [0.29, 0.717) is 18.1 Å². The van der Waals surface area contributed by atoms with Crippen LogP contribution in [-0.4, -0.2) is 28.0 Å². The summed E-state index contributed by atoms with van der Waals surface area (Å²) >= 11 is 7.82. The number of hydrogen-bond donors (Lipinski definition) is 1. The summed E-state index contributed by atoms with van der Waals surface area (Å²) < 4.78 is 0. The Kier molecular flexibility index (Phi) is 5.33. The summed E-state index contributed by atoms with van der Waals surface area (Å²) in [6.45, 7) is 3.38. The van der Waals surface area contributed by atoms with Crippen molar-refractivity contribution in [2.75, 3.05) is 7.05 Å². The summed E-state index contributed by atoms with van der Waals surface area (Å²) in [4.78, 5) is 17.7. The fraction of sp³-hybridized carbons (Fsp3) is 0.333. The van der Waals surface area contributed by atoms with Gasteiger partial charge < -0.3 is 5.11 Å². The molecule has 6 heteroatoms. The van der Waals surface area contributed by atoms with Gasteiger partial charge in [0.25, 0.3) is 0 Å². The first kappa shape index (κ1) is 15.9. The average molecular weight is 325 g/mol. The van der Waals surface area contributed by atoms with Crippen LogP contribution in [0.3, 0.4) is 0 Å². The molecular formula is C15H17ClN2O2S. The summed E-state index contributed by atoms with van der Waals surface area (Å²) in [6.07, 6.45) is 0.945. The van der Waals surface area contributed by atoms with Gasteiger partial charge in [0.1, 0.15) is 0 Å². The molecule has 0 aliphatic heterocycles. The summed E-state index contributed by atoms with van der Waals surface area (Å²) in [5.41, 5.74) is 1.99. The van der Waals surface area contributed by atoms with E-state index in [1.807, 2.05) is 13.1 Å². The molecule has 0 spiro atoms. The summed E-state index contributed by atoms with van der Waals surface area (Å²) in [5.74, 6) is -1.00. The van der Waals surface area contributed by atoms with Crippen LogP contribution in [0.2, 0.25) is 5.02 Å². The van der Waals surface area contributed by atoms with Gasteiger partial charge in [-0.1, -0.05) is 30.7 Å². The molecule has 0 saturated heterocycles. The monoisotopic (exact) mass is 324 g/mol. The van der Waals surface area contributed by atoms with E-state index >= 15 is 0 Å². The number of nitrogens with zero attached hydrogens (tertiary/aromatic N) is 2. The van der Waals surface area contributed by atoms with Gasteiger partial charge in [0, 0.05) is 18.5 Å². The average Bonchev–Trinajstić information content (AvgIpc) is 2.88. The zero-order valence-electron chi connectivity index (χ0n) is 12.0. The first-order chi connectivity index (χ1) is 10.0. The van der Waals surface area contributed by atoms with Crippen LogP contribution in [0.1, 0.15) is 33.5 Å². The molecule has 0 saturated carbocycles. The maximum Gasteiger partial charge on any atom is 0.337 e. The first-order valence-electron chi connectivity index (χ1n) is 6.63. The fourth-order valence-corrected chi connectivity index (χ4v) is 3.08. The van der Waals surface area contributed by atoms with Gasteiger partial charge in [-0.2, -0.15) is 0 Å². The van der Waals surface area contributed by atoms with Gasteiger partial charge in [0.05, 0.1) is 21.3 Å². The van der Waals surface area contributed by atoms with Crippen molar-refractivity contribution in [3.63, 3.8) is 0 Å². The standard InChI is InChI=1S/C15H17ClN2O2S/c1-3-13-17-11(9-21-13)8-18(2)7-10-5-4-6-12(14(10)16)15(19)20/h4-6,9H,3,7-8H2,1-2H3,(H,19,20). The van der Waals surface area contributed by atoms with Gasteiger partial charge in [0.15, 0.2) is 0 Å². The molecule has 1 aromatic heterocycles. The zero-order valence-corrected chi connectivity index (χ0v) is 13.5. The molecule has 0 amide bonds. The van der Waals surface area contributed by atoms with Crippen LogP contribution in [0, 0.1) is 0 Å². The van der Waals surface area contributed by atoms with Crippen molar-refractivity contribution in [1.29, 1.82) is 0 Å². The molecule has 0 aliphatic carbocycles. The highest BCUT2D eigenvalue weighted by Crippen LogP contribution is 2.23. The minimum atomic E-state index is -1.00. The lowest BCUT2D eigenvalue weighted by atomic mass is 10.1. The molecule has 4 nitrogen and oxygen atoms in total. The molecule has 1 aromatic carbocycles. The molecule has 0 fully saturated rings. The Labute approximate surface area is 133 Å². The number of halogens is 1. The minimum absolute atomic E-state index is 0.143. The van der Waals surface area contributed by atoms with E-state index in [1.165, 1.54) is 6.07 Å². The number of carbonyl (C=O) groups is 1. The van der Waals surface area contributed by atoms with E-state index in [4.69, 9.17) is 16.7 Å². The van der Waals surface area contributed by atoms with Crippen molar-refractivity contribution >= 4 is 28.9 Å². The number of thiazole rings is 1. The van der Waals surface area contributed by atoms with Crippen molar-refractivity contribution in [2.24, 2.45) is 0 Å². The van der Waals surface area contributed by atoms with Crippen molar-refractivity contribution in [3.05, 3.63) is 50.4 Å². The Bertz CT molecular complexity index is 642. The van der Waals surface area contributed by atoms with Gasteiger partial charge in [-0.3, -0.25) is 4.90 Å². The Morgan fingerprint density at radius 1 is 1.43 bits per heavy atom. The summed E-state index contributed by atoms with van der Waals surface area (Å²) in [7, 11) is 1.97. The van der Waals surface area contributed by atoms with Gasteiger partial charge in [-0.05, 0) is 25.1 Å². The van der Waals surface area contributed by atoms with Crippen LogP contribution in [0.4, 0.5) is 0 Å². The van der Waals surface area contributed by atoms with Crippen molar-refractivity contribution < 1.29 is 9.90 Å². The minimum Gasteiger partial charge on any atom is -0.478 e. The van der Waals surface area contributed by atoms with Crippen LogP contribution in [0.5, 0.6) is 0 Å². The molecule has 0 atom stereocenters. The topological polar surface area (TPSA) is 53.4 Å².